The zero-order valence-electron chi connectivity index (χ0n) is 11.9. The van der Waals surface area contributed by atoms with Crippen LogP contribution in [0.4, 0.5) is 0 Å². The van der Waals surface area contributed by atoms with Crippen LogP contribution < -0.4 is 5.32 Å². The zero-order valence-corrected chi connectivity index (χ0v) is 11.9. The number of carbonyl (C=O) groups is 3. The summed E-state index contributed by atoms with van der Waals surface area (Å²) >= 11 is 0. The maximum Gasteiger partial charge on any atom is 0.328 e. The lowest BCUT2D eigenvalue weighted by Gasteiger charge is -2.14. The second-order valence-corrected chi connectivity index (χ2v) is 4.20. The molecule has 1 aromatic heterocycles. The molecule has 2 amide bonds. The first-order valence-electron chi connectivity index (χ1n) is 6.34. The summed E-state index contributed by atoms with van der Waals surface area (Å²) in [5.74, 6) is -1.87. The summed E-state index contributed by atoms with van der Waals surface area (Å²) in [6, 6.07) is 3.16. The average molecular weight is 291 g/mol. The van der Waals surface area contributed by atoms with Gasteiger partial charge >= 0.3 is 5.97 Å². The number of rotatable bonds is 6. The number of nitrogens with zero attached hydrogens (tertiary/aromatic N) is 2. The highest BCUT2D eigenvalue weighted by atomic mass is 16.4. The molecule has 0 saturated heterocycles. The Labute approximate surface area is 122 Å². The van der Waals surface area contributed by atoms with Crippen LogP contribution in [0.1, 0.15) is 23.0 Å². The van der Waals surface area contributed by atoms with Gasteiger partial charge in [0.05, 0.1) is 6.54 Å². The summed E-state index contributed by atoms with van der Waals surface area (Å²) in [7, 11) is 1.64. The van der Waals surface area contributed by atoms with Crippen molar-refractivity contribution in [2.75, 3.05) is 20.1 Å². The number of pyridine rings is 1. The van der Waals surface area contributed by atoms with Gasteiger partial charge in [-0.2, -0.15) is 0 Å². The van der Waals surface area contributed by atoms with Crippen LogP contribution in [0.5, 0.6) is 0 Å². The minimum atomic E-state index is -1.12. The average Bonchev–Trinajstić information content (AvgIpc) is 2.49. The molecule has 0 aliphatic heterocycles. The monoisotopic (exact) mass is 291 g/mol. The molecule has 0 saturated carbocycles. The zero-order chi connectivity index (χ0) is 15.8. The van der Waals surface area contributed by atoms with Crippen molar-refractivity contribution in [2.24, 2.45) is 0 Å². The highest BCUT2D eigenvalue weighted by Crippen LogP contribution is 2.07. The Kier molecular flexibility index (Phi) is 6.06. The molecule has 7 nitrogen and oxygen atoms in total. The minimum Gasteiger partial charge on any atom is -0.478 e. The van der Waals surface area contributed by atoms with Gasteiger partial charge in [0.15, 0.2) is 0 Å². The molecule has 2 N–H and O–H groups in total. The van der Waals surface area contributed by atoms with Crippen molar-refractivity contribution in [1.82, 2.24) is 15.2 Å². The molecule has 0 radical (unpaired) electrons. The third-order valence-electron chi connectivity index (χ3n) is 2.76. The molecule has 112 valence electrons. The van der Waals surface area contributed by atoms with Crippen LogP contribution >= 0.6 is 0 Å². The summed E-state index contributed by atoms with van der Waals surface area (Å²) in [5.41, 5.74) is 0.440. The molecule has 7 heteroatoms. The predicted octanol–water partition coefficient (Wildman–Crippen LogP) is 0.387. The summed E-state index contributed by atoms with van der Waals surface area (Å²) < 4.78 is 0. The molecule has 0 atom stereocenters. The van der Waals surface area contributed by atoms with Crippen LogP contribution in [0.2, 0.25) is 0 Å². The lowest BCUT2D eigenvalue weighted by atomic mass is 10.1. The fourth-order valence-electron chi connectivity index (χ4n) is 1.45. The van der Waals surface area contributed by atoms with E-state index in [9.17, 15) is 14.4 Å². The smallest absolute Gasteiger partial charge is 0.328 e. The van der Waals surface area contributed by atoms with E-state index in [2.05, 4.69) is 10.3 Å². The van der Waals surface area contributed by atoms with Crippen LogP contribution in [-0.2, 0) is 9.59 Å². The number of aromatic nitrogens is 1. The predicted molar refractivity (Wildman–Crippen MR) is 76.6 cm³/mol. The van der Waals surface area contributed by atoms with Crippen LogP contribution in [0.25, 0.3) is 6.08 Å². The number of nitrogens with one attached hydrogen (secondary N) is 1. The second kappa shape index (κ2) is 7.78. The van der Waals surface area contributed by atoms with Crippen molar-refractivity contribution < 1.29 is 19.5 Å². The number of carboxylic acids is 1. The van der Waals surface area contributed by atoms with Crippen LogP contribution in [0, 0.1) is 0 Å². The molecule has 0 bridgehead atoms. The van der Waals surface area contributed by atoms with Gasteiger partial charge in [-0.05, 0) is 19.1 Å². The Balaban J connectivity index is 2.79. The molecule has 0 unspecified atom stereocenters. The normalized spacial score (nSPS) is 10.4. The first-order valence-corrected chi connectivity index (χ1v) is 6.34. The topological polar surface area (TPSA) is 99.6 Å². The number of hydrogen-bond donors (Lipinski definition) is 2. The third-order valence-corrected chi connectivity index (χ3v) is 2.76. The fourth-order valence-corrected chi connectivity index (χ4v) is 1.45. The Morgan fingerprint density at radius 3 is 2.76 bits per heavy atom. The first-order chi connectivity index (χ1) is 9.95. The molecular weight excluding hydrogens is 274 g/mol. The van der Waals surface area contributed by atoms with Crippen molar-refractivity contribution in [3.05, 3.63) is 35.7 Å². The van der Waals surface area contributed by atoms with Crippen molar-refractivity contribution in [1.29, 1.82) is 0 Å². The van der Waals surface area contributed by atoms with Crippen LogP contribution in [-0.4, -0.2) is 52.9 Å². The van der Waals surface area contributed by atoms with E-state index in [0.29, 0.717) is 12.1 Å². The summed E-state index contributed by atoms with van der Waals surface area (Å²) in [4.78, 5) is 39.5. The largest absolute Gasteiger partial charge is 0.478 e. The van der Waals surface area contributed by atoms with E-state index in [1.807, 2.05) is 6.92 Å². The number of hydrogen-bond acceptors (Lipinski definition) is 4. The summed E-state index contributed by atoms with van der Waals surface area (Å²) in [6.07, 6.45) is 3.63. The fraction of sp³-hybridized carbons (Fsp3) is 0.286. The quantitative estimate of drug-likeness (QED) is 0.738. The van der Waals surface area contributed by atoms with Gasteiger partial charge in [-0.15, -0.1) is 0 Å². The van der Waals surface area contributed by atoms with E-state index < -0.39 is 11.9 Å². The van der Waals surface area contributed by atoms with E-state index >= 15 is 0 Å². The van der Waals surface area contributed by atoms with E-state index in [4.69, 9.17) is 5.11 Å². The molecule has 0 fully saturated rings. The van der Waals surface area contributed by atoms with Crippen molar-refractivity contribution in [3.63, 3.8) is 0 Å². The maximum absolute atomic E-state index is 12.0. The Morgan fingerprint density at radius 2 is 2.14 bits per heavy atom. The molecular formula is C14H17N3O4. The highest BCUT2D eigenvalue weighted by molar-refractivity contribution is 5.98. The molecule has 0 aliphatic rings. The van der Waals surface area contributed by atoms with Gasteiger partial charge in [-0.25, -0.2) is 4.79 Å². The highest BCUT2D eigenvalue weighted by Gasteiger charge is 2.13. The summed E-state index contributed by atoms with van der Waals surface area (Å²) in [6.45, 7) is 2.24. The molecule has 1 aromatic rings. The summed E-state index contributed by atoms with van der Waals surface area (Å²) in [5, 5.41) is 11.1. The van der Waals surface area contributed by atoms with Crippen molar-refractivity contribution >= 4 is 23.9 Å². The number of carbonyl (C=O) groups excluding carboxylic acids is 2. The van der Waals surface area contributed by atoms with E-state index in [0.717, 1.165) is 6.08 Å². The Morgan fingerprint density at radius 1 is 1.43 bits per heavy atom. The van der Waals surface area contributed by atoms with Gasteiger partial charge in [0.2, 0.25) is 5.91 Å². The van der Waals surface area contributed by atoms with Gasteiger partial charge in [0.25, 0.3) is 5.91 Å². The van der Waals surface area contributed by atoms with E-state index in [1.54, 1.807) is 19.2 Å². The number of likely N-dealkylation sites (N-methyl/N-ethyl adjacent to an activating group) is 1. The molecule has 0 aromatic carbocycles. The molecule has 1 heterocycles. The Bertz CT molecular complexity index is 569. The van der Waals surface area contributed by atoms with Crippen molar-refractivity contribution in [2.45, 2.75) is 6.92 Å². The number of aliphatic carboxylic acids is 1. The molecule has 0 spiro atoms. The Hall–Kier alpha value is -2.70. The van der Waals surface area contributed by atoms with Crippen LogP contribution in [0.15, 0.2) is 24.4 Å². The van der Waals surface area contributed by atoms with Gasteiger partial charge < -0.3 is 15.3 Å². The van der Waals surface area contributed by atoms with Crippen LogP contribution in [0.3, 0.4) is 0 Å². The lowest BCUT2D eigenvalue weighted by molar-refractivity contribution is -0.131. The number of carboxylic acid groups (broad SMARTS) is 1. The lowest BCUT2D eigenvalue weighted by Crippen LogP contribution is -2.38. The number of amides is 2. The van der Waals surface area contributed by atoms with E-state index in [1.165, 1.54) is 17.2 Å². The van der Waals surface area contributed by atoms with Gasteiger partial charge in [0.1, 0.15) is 5.69 Å². The SMILES string of the molecule is CCN(C)C(=O)CNC(=O)c1ncccc1/C=C/C(=O)O. The third kappa shape index (κ3) is 5.06. The van der Waals surface area contributed by atoms with Gasteiger partial charge in [-0.1, -0.05) is 6.07 Å². The van der Waals surface area contributed by atoms with E-state index in [-0.39, 0.29) is 18.1 Å². The molecule has 21 heavy (non-hydrogen) atoms. The van der Waals surface area contributed by atoms with Crippen molar-refractivity contribution in [3.8, 4) is 0 Å². The maximum atomic E-state index is 12.0. The first kappa shape index (κ1) is 16.4. The minimum absolute atomic E-state index is 0.0713. The molecule has 0 aliphatic carbocycles. The molecule has 1 rings (SSSR count). The standard InChI is InChI=1S/C14H17N3O4/c1-3-17(2)11(18)9-16-14(21)13-10(5-4-8-15-13)6-7-12(19)20/h4-8H,3,9H2,1-2H3,(H,16,21)(H,19,20)/b7-6+. The second-order valence-electron chi connectivity index (χ2n) is 4.20. The van der Waals surface area contributed by atoms with Gasteiger partial charge in [0, 0.05) is 31.4 Å². The van der Waals surface area contributed by atoms with Gasteiger partial charge in [-0.3, -0.25) is 14.6 Å².